The fraction of sp³-hybridized carbons (Fsp3) is 0. The van der Waals surface area contributed by atoms with E-state index in [0.717, 1.165) is 56.5 Å². The zero-order valence-electron chi connectivity index (χ0n) is 31.1. The lowest BCUT2D eigenvalue weighted by molar-refractivity contribution is 1.18. The Morgan fingerprint density at radius 2 is 1.00 bits per heavy atom. The summed E-state index contributed by atoms with van der Waals surface area (Å²) in [4.78, 5) is 7.48. The fourth-order valence-corrected chi connectivity index (χ4v) is 8.42. The summed E-state index contributed by atoms with van der Waals surface area (Å²) in [5, 5.41) is 5.04. The molecule has 4 heteroatoms. The van der Waals surface area contributed by atoms with Crippen LogP contribution in [0, 0.1) is 0 Å². The van der Waals surface area contributed by atoms with E-state index < -0.39 is 0 Å². The molecule has 0 aliphatic rings. The molecule has 11 rings (SSSR count). The number of benzene rings is 8. The lowest BCUT2D eigenvalue weighted by atomic mass is 10.0. The van der Waals surface area contributed by atoms with Crippen molar-refractivity contribution in [2.75, 3.05) is 4.90 Å². The lowest BCUT2D eigenvalue weighted by Crippen LogP contribution is -2.09. The van der Waals surface area contributed by atoms with Gasteiger partial charge in [-0.15, -0.1) is 0 Å². The van der Waals surface area contributed by atoms with E-state index in [0.29, 0.717) is 0 Å². The second-order valence-electron chi connectivity index (χ2n) is 14.5. The number of pyridine rings is 1. The molecule has 0 aliphatic heterocycles. The van der Waals surface area contributed by atoms with Crippen LogP contribution >= 0.6 is 0 Å². The standard InChI is InChI=1S/C53H36N4/c1-3-14-39(15-4-1)53-52(54-51-24-11-12-33-55(51)53)42-18-13-21-46(34-42)56(43-19-5-2-6-20-43)44-29-25-37(26-30-44)38-27-31-45(32-28-38)57-49-23-10-9-22-47(49)48-35-40-16-7-8-17-41(40)36-50(48)57/h1-36H. The summed E-state index contributed by atoms with van der Waals surface area (Å²) in [6, 6.07) is 75.9. The van der Waals surface area contributed by atoms with Crippen LogP contribution in [-0.4, -0.2) is 14.0 Å². The van der Waals surface area contributed by atoms with Gasteiger partial charge in [-0.25, -0.2) is 4.98 Å². The Hall–Kier alpha value is -7.69. The predicted octanol–water partition coefficient (Wildman–Crippen LogP) is 14.1. The Labute approximate surface area is 330 Å². The van der Waals surface area contributed by atoms with Crippen molar-refractivity contribution in [1.82, 2.24) is 14.0 Å². The number of para-hydroxylation sites is 2. The predicted molar refractivity (Wildman–Crippen MR) is 238 cm³/mol. The highest BCUT2D eigenvalue weighted by molar-refractivity contribution is 6.13. The molecule has 0 amide bonds. The molecule has 0 saturated carbocycles. The number of aromatic nitrogens is 3. The van der Waals surface area contributed by atoms with Crippen LogP contribution in [0.15, 0.2) is 219 Å². The third-order valence-corrected chi connectivity index (χ3v) is 11.1. The zero-order chi connectivity index (χ0) is 37.7. The molecule has 0 spiro atoms. The summed E-state index contributed by atoms with van der Waals surface area (Å²) < 4.78 is 4.58. The van der Waals surface area contributed by atoms with Crippen LogP contribution in [0.4, 0.5) is 17.1 Å². The van der Waals surface area contributed by atoms with E-state index >= 15 is 0 Å². The summed E-state index contributed by atoms with van der Waals surface area (Å²) in [6.07, 6.45) is 2.09. The average molecular weight is 729 g/mol. The van der Waals surface area contributed by atoms with Gasteiger partial charge in [-0.05, 0) is 101 Å². The van der Waals surface area contributed by atoms with Gasteiger partial charge in [0.05, 0.1) is 22.4 Å². The second kappa shape index (κ2) is 13.6. The molecular weight excluding hydrogens is 693 g/mol. The Morgan fingerprint density at radius 1 is 0.386 bits per heavy atom. The summed E-state index contributed by atoms with van der Waals surface area (Å²) in [5.74, 6) is 0. The zero-order valence-corrected chi connectivity index (χ0v) is 31.1. The van der Waals surface area contributed by atoms with E-state index in [1.54, 1.807) is 0 Å². The van der Waals surface area contributed by atoms with Crippen molar-refractivity contribution in [2.24, 2.45) is 0 Å². The minimum atomic E-state index is 0.920. The molecule has 3 heterocycles. The Kier molecular flexibility index (Phi) is 7.78. The molecule has 3 aromatic heterocycles. The first-order valence-corrected chi connectivity index (χ1v) is 19.4. The first kappa shape index (κ1) is 32.7. The second-order valence-corrected chi connectivity index (χ2v) is 14.5. The Morgan fingerprint density at radius 3 is 1.79 bits per heavy atom. The number of nitrogens with zero attached hydrogens (tertiary/aromatic N) is 4. The van der Waals surface area contributed by atoms with E-state index in [9.17, 15) is 0 Å². The van der Waals surface area contributed by atoms with Crippen LogP contribution in [0.5, 0.6) is 0 Å². The molecular formula is C53H36N4. The molecule has 0 atom stereocenters. The molecule has 57 heavy (non-hydrogen) atoms. The molecule has 11 aromatic rings. The van der Waals surface area contributed by atoms with Crippen LogP contribution in [0.25, 0.3) is 77.6 Å². The maximum Gasteiger partial charge on any atom is 0.137 e. The van der Waals surface area contributed by atoms with Crippen molar-refractivity contribution >= 4 is 55.3 Å². The van der Waals surface area contributed by atoms with E-state index in [4.69, 9.17) is 4.98 Å². The molecule has 8 aromatic carbocycles. The molecule has 0 N–H and O–H groups in total. The van der Waals surface area contributed by atoms with Gasteiger partial charge in [0.15, 0.2) is 0 Å². The van der Waals surface area contributed by atoms with Crippen molar-refractivity contribution in [3.8, 4) is 39.3 Å². The van der Waals surface area contributed by atoms with E-state index in [-0.39, 0.29) is 0 Å². The van der Waals surface area contributed by atoms with Gasteiger partial charge in [0.1, 0.15) is 5.65 Å². The third-order valence-electron chi connectivity index (χ3n) is 11.1. The SMILES string of the molecule is c1ccc(-c2c(-c3cccc(N(c4ccccc4)c4ccc(-c5ccc(-n6c7ccccc7c7cc8ccccc8cc76)cc5)cc4)c3)nc3ccccn23)cc1. The molecule has 268 valence electrons. The number of imidazole rings is 1. The van der Waals surface area contributed by atoms with Gasteiger partial charge in [0.2, 0.25) is 0 Å². The third kappa shape index (κ3) is 5.66. The van der Waals surface area contributed by atoms with Gasteiger partial charge in [-0.3, -0.25) is 4.40 Å². The fourth-order valence-electron chi connectivity index (χ4n) is 8.42. The van der Waals surface area contributed by atoms with Crippen LogP contribution in [0.1, 0.15) is 0 Å². The molecule has 0 fully saturated rings. The van der Waals surface area contributed by atoms with Crippen molar-refractivity contribution < 1.29 is 0 Å². The molecule has 0 radical (unpaired) electrons. The lowest BCUT2D eigenvalue weighted by Gasteiger charge is -2.26. The summed E-state index contributed by atoms with van der Waals surface area (Å²) in [5.41, 5.74) is 14.3. The van der Waals surface area contributed by atoms with Gasteiger partial charge in [-0.1, -0.05) is 133 Å². The quantitative estimate of drug-likeness (QED) is 0.163. The first-order chi connectivity index (χ1) is 28.3. The van der Waals surface area contributed by atoms with E-state index in [2.05, 4.69) is 226 Å². The number of hydrogen-bond donors (Lipinski definition) is 0. The maximum absolute atomic E-state index is 5.16. The monoisotopic (exact) mass is 728 g/mol. The number of hydrogen-bond acceptors (Lipinski definition) is 2. The Balaban J connectivity index is 0.960. The largest absolute Gasteiger partial charge is 0.310 e. The number of fused-ring (bicyclic) bond motifs is 5. The van der Waals surface area contributed by atoms with E-state index in [1.165, 1.54) is 38.1 Å². The minimum absolute atomic E-state index is 0.920. The van der Waals surface area contributed by atoms with Crippen LogP contribution in [0.2, 0.25) is 0 Å². The highest BCUT2D eigenvalue weighted by Gasteiger charge is 2.19. The van der Waals surface area contributed by atoms with Gasteiger partial charge >= 0.3 is 0 Å². The molecule has 0 unspecified atom stereocenters. The van der Waals surface area contributed by atoms with Crippen molar-refractivity contribution in [2.45, 2.75) is 0 Å². The maximum atomic E-state index is 5.16. The normalized spacial score (nSPS) is 11.5. The molecule has 0 saturated heterocycles. The summed E-state index contributed by atoms with van der Waals surface area (Å²) >= 11 is 0. The summed E-state index contributed by atoms with van der Waals surface area (Å²) in [6.45, 7) is 0. The Bertz CT molecular complexity index is 3210. The van der Waals surface area contributed by atoms with Crippen molar-refractivity contribution in [3.05, 3.63) is 219 Å². The van der Waals surface area contributed by atoms with Gasteiger partial charge in [0, 0.05) is 50.8 Å². The van der Waals surface area contributed by atoms with Crippen molar-refractivity contribution in [1.29, 1.82) is 0 Å². The smallest absolute Gasteiger partial charge is 0.137 e. The number of anilines is 3. The molecule has 4 nitrogen and oxygen atoms in total. The number of rotatable bonds is 7. The van der Waals surface area contributed by atoms with Gasteiger partial charge in [-0.2, -0.15) is 0 Å². The van der Waals surface area contributed by atoms with Crippen LogP contribution < -0.4 is 4.90 Å². The van der Waals surface area contributed by atoms with Crippen LogP contribution in [0.3, 0.4) is 0 Å². The van der Waals surface area contributed by atoms with E-state index in [1.807, 2.05) is 6.07 Å². The van der Waals surface area contributed by atoms with Gasteiger partial charge < -0.3 is 9.47 Å². The highest BCUT2D eigenvalue weighted by atomic mass is 15.1. The highest BCUT2D eigenvalue weighted by Crippen LogP contribution is 2.40. The topological polar surface area (TPSA) is 25.5 Å². The first-order valence-electron chi connectivity index (χ1n) is 19.4. The van der Waals surface area contributed by atoms with Crippen LogP contribution in [-0.2, 0) is 0 Å². The molecule has 0 aliphatic carbocycles. The van der Waals surface area contributed by atoms with Gasteiger partial charge in [0.25, 0.3) is 0 Å². The minimum Gasteiger partial charge on any atom is -0.310 e. The summed E-state index contributed by atoms with van der Waals surface area (Å²) in [7, 11) is 0. The molecule has 0 bridgehead atoms. The average Bonchev–Trinajstić information content (AvgIpc) is 3.83. The van der Waals surface area contributed by atoms with Crippen molar-refractivity contribution in [3.63, 3.8) is 0 Å².